The lowest BCUT2D eigenvalue weighted by atomic mass is 10.0. The molecule has 0 aliphatic heterocycles. The number of hydrogen-bond donors (Lipinski definition) is 1. The number of aromatic nitrogens is 4. The molecule has 0 spiro atoms. The minimum Gasteiger partial charge on any atom is -0.462 e. The highest BCUT2D eigenvalue weighted by Gasteiger charge is 2.21. The van der Waals surface area contributed by atoms with E-state index in [0.29, 0.717) is 16.7 Å². The van der Waals surface area contributed by atoms with Crippen LogP contribution < -0.4 is 5.32 Å². The molecule has 0 fully saturated rings. The van der Waals surface area contributed by atoms with E-state index < -0.39 is 11.9 Å². The van der Waals surface area contributed by atoms with Gasteiger partial charge in [0, 0.05) is 17.5 Å². The number of amides is 1. The number of hydrogen-bond acceptors (Lipinski definition) is 7. The zero-order chi connectivity index (χ0) is 17.0. The Morgan fingerprint density at radius 1 is 1.39 bits per heavy atom. The van der Waals surface area contributed by atoms with Gasteiger partial charge in [0.2, 0.25) is 5.95 Å². The van der Waals surface area contributed by atoms with Gasteiger partial charge in [-0.15, -0.1) is 11.8 Å². The number of benzene rings is 1. The summed E-state index contributed by atoms with van der Waals surface area (Å²) in [5.74, 6) is -0.607. The number of tetrazole rings is 1. The van der Waals surface area contributed by atoms with Gasteiger partial charge in [-0.05, 0) is 48.2 Å². The molecular formula is C14H17N5O3S. The van der Waals surface area contributed by atoms with Crippen LogP contribution in [0, 0.1) is 6.92 Å². The second-order valence-electron chi connectivity index (χ2n) is 4.62. The largest absolute Gasteiger partial charge is 0.462 e. The van der Waals surface area contributed by atoms with Crippen LogP contribution in [0.3, 0.4) is 0 Å². The molecule has 0 saturated heterocycles. The molecule has 9 heteroatoms. The standard InChI is InChI=1S/C14H17N5O3S/c1-5-22-13(21)11-8(2)9(6-7-10(11)23-4)12(20)15-14-16-17-18-19(14)3/h6-7H,5H2,1-4H3,(H,15,16,18,20). The molecule has 1 N–H and O–H groups in total. The Morgan fingerprint density at radius 3 is 2.70 bits per heavy atom. The Morgan fingerprint density at radius 2 is 2.13 bits per heavy atom. The second-order valence-corrected chi connectivity index (χ2v) is 5.46. The lowest BCUT2D eigenvalue weighted by Crippen LogP contribution is -2.19. The number of nitrogens with zero attached hydrogens (tertiary/aromatic N) is 4. The van der Waals surface area contributed by atoms with Crippen molar-refractivity contribution in [2.24, 2.45) is 7.05 Å². The first-order valence-corrected chi connectivity index (χ1v) is 8.10. The Hall–Kier alpha value is -2.42. The SMILES string of the molecule is CCOC(=O)c1c(SC)ccc(C(=O)Nc2nnnn2C)c1C. The number of esters is 1. The molecule has 0 radical (unpaired) electrons. The summed E-state index contributed by atoms with van der Waals surface area (Å²) in [6.45, 7) is 3.73. The van der Waals surface area contributed by atoms with E-state index in [1.54, 1.807) is 33.0 Å². The zero-order valence-corrected chi connectivity index (χ0v) is 14.1. The fraction of sp³-hybridized carbons (Fsp3) is 0.357. The number of anilines is 1. The average Bonchev–Trinajstić information content (AvgIpc) is 2.91. The van der Waals surface area contributed by atoms with Crippen molar-refractivity contribution in [1.82, 2.24) is 20.2 Å². The van der Waals surface area contributed by atoms with E-state index in [-0.39, 0.29) is 12.6 Å². The van der Waals surface area contributed by atoms with E-state index in [9.17, 15) is 9.59 Å². The van der Waals surface area contributed by atoms with Gasteiger partial charge in [0.25, 0.3) is 5.91 Å². The summed E-state index contributed by atoms with van der Waals surface area (Å²) in [6.07, 6.45) is 1.86. The van der Waals surface area contributed by atoms with E-state index in [1.807, 2.05) is 6.26 Å². The van der Waals surface area contributed by atoms with E-state index in [2.05, 4.69) is 20.8 Å². The zero-order valence-electron chi connectivity index (χ0n) is 13.3. The molecule has 1 heterocycles. The molecule has 1 aromatic carbocycles. The fourth-order valence-corrected chi connectivity index (χ4v) is 2.71. The highest BCUT2D eigenvalue weighted by atomic mass is 32.2. The van der Waals surface area contributed by atoms with E-state index in [1.165, 1.54) is 16.4 Å². The molecule has 0 aliphatic carbocycles. The van der Waals surface area contributed by atoms with Gasteiger partial charge in [0.05, 0.1) is 12.2 Å². The number of rotatable bonds is 5. The monoisotopic (exact) mass is 335 g/mol. The van der Waals surface area contributed by atoms with Gasteiger partial charge in [-0.2, -0.15) is 0 Å². The predicted octanol–water partition coefficient (Wildman–Crippen LogP) is 1.67. The van der Waals surface area contributed by atoms with Crippen molar-refractivity contribution in [3.05, 3.63) is 28.8 Å². The van der Waals surface area contributed by atoms with Crippen LogP contribution in [0.5, 0.6) is 0 Å². The van der Waals surface area contributed by atoms with Gasteiger partial charge in [-0.25, -0.2) is 9.48 Å². The minimum atomic E-state index is -0.440. The van der Waals surface area contributed by atoms with Crippen LogP contribution >= 0.6 is 11.8 Å². The van der Waals surface area contributed by atoms with Crippen LogP contribution in [-0.2, 0) is 11.8 Å². The van der Waals surface area contributed by atoms with Gasteiger partial charge in [-0.1, -0.05) is 5.10 Å². The van der Waals surface area contributed by atoms with E-state index in [0.717, 1.165) is 4.90 Å². The van der Waals surface area contributed by atoms with Crippen molar-refractivity contribution >= 4 is 29.6 Å². The number of carbonyl (C=O) groups is 2. The third kappa shape index (κ3) is 3.50. The molecule has 0 unspecified atom stereocenters. The summed E-state index contributed by atoms with van der Waals surface area (Å²) < 4.78 is 6.43. The molecule has 0 aliphatic rings. The number of carbonyl (C=O) groups excluding carboxylic acids is 2. The molecule has 8 nitrogen and oxygen atoms in total. The third-order valence-corrected chi connectivity index (χ3v) is 4.00. The summed E-state index contributed by atoms with van der Waals surface area (Å²) >= 11 is 1.42. The normalized spacial score (nSPS) is 10.4. The van der Waals surface area contributed by atoms with E-state index >= 15 is 0 Å². The smallest absolute Gasteiger partial charge is 0.339 e. The molecule has 2 rings (SSSR count). The number of aryl methyl sites for hydroxylation is 1. The molecule has 23 heavy (non-hydrogen) atoms. The first-order chi connectivity index (χ1) is 11.0. The van der Waals surface area contributed by atoms with Gasteiger partial charge < -0.3 is 4.74 Å². The highest BCUT2D eigenvalue weighted by Crippen LogP contribution is 2.27. The molecule has 0 bridgehead atoms. The summed E-state index contributed by atoms with van der Waals surface area (Å²) in [5, 5.41) is 13.4. The predicted molar refractivity (Wildman–Crippen MR) is 85.7 cm³/mol. The van der Waals surface area contributed by atoms with Gasteiger partial charge in [0.1, 0.15) is 0 Å². The lowest BCUT2D eigenvalue weighted by Gasteiger charge is -2.13. The maximum Gasteiger partial charge on any atom is 0.339 e. The van der Waals surface area contributed by atoms with Crippen molar-refractivity contribution in [2.45, 2.75) is 18.7 Å². The van der Waals surface area contributed by atoms with E-state index in [4.69, 9.17) is 4.74 Å². The first kappa shape index (κ1) is 16.9. The van der Waals surface area contributed by atoms with Gasteiger partial charge in [0.15, 0.2) is 0 Å². The van der Waals surface area contributed by atoms with Crippen LogP contribution in [0.4, 0.5) is 5.95 Å². The third-order valence-electron chi connectivity index (χ3n) is 3.22. The molecule has 1 amide bonds. The molecule has 122 valence electrons. The molecule has 2 aromatic rings. The maximum absolute atomic E-state index is 12.4. The average molecular weight is 335 g/mol. The Labute approximate surface area is 137 Å². The second kappa shape index (κ2) is 7.23. The highest BCUT2D eigenvalue weighted by molar-refractivity contribution is 7.98. The Balaban J connectivity index is 2.39. The van der Waals surface area contributed by atoms with Crippen molar-refractivity contribution in [3.8, 4) is 0 Å². The Kier molecular flexibility index (Phi) is 5.32. The van der Waals surface area contributed by atoms with Crippen LogP contribution in [0.15, 0.2) is 17.0 Å². The van der Waals surface area contributed by atoms with Crippen LogP contribution in [0.25, 0.3) is 0 Å². The van der Waals surface area contributed by atoms with Crippen molar-refractivity contribution in [2.75, 3.05) is 18.2 Å². The Bertz CT molecular complexity index is 744. The minimum absolute atomic E-state index is 0.223. The van der Waals surface area contributed by atoms with Crippen LogP contribution in [0.1, 0.15) is 33.2 Å². The van der Waals surface area contributed by atoms with Crippen LogP contribution in [0.2, 0.25) is 0 Å². The van der Waals surface area contributed by atoms with Crippen molar-refractivity contribution in [1.29, 1.82) is 0 Å². The summed E-state index contributed by atoms with van der Waals surface area (Å²) in [6, 6.07) is 3.40. The first-order valence-electron chi connectivity index (χ1n) is 6.88. The fourth-order valence-electron chi connectivity index (χ4n) is 2.06. The topological polar surface area (TPSA) is 99.0 Å². The summed E-state index contributed by atoms with van der Waals surface area (Å²) in [4.78, 5) is 25.4. The lowest BCUT2D eigenvalue weighted by molar-refractivity contribution is 0.0521. The van der Waals surface area contributed by atoms with Crippen molar-refractivity contribution < 1.29 is 14.3 Å². The quantitative estimate of drug-likeness (QED) is 0.655. The van der Waals surface area contributed by atoms with Gasteiger partial charge >= 0.3 is 5.97 Å². The molecule has 0 saturated carbocycles. The number of nitrogens with one attached hydrogen (secondary N) is 1. The summed E-state index contributed by atoms with van der Waals surface area (Å²) in [5.41, 5.74) is 1.33. The molecular weight excluding hydrogens is 318 g/mol. The molecule has 0 atom stereocenters. The van der Waals surface area contributed by atoms with Crippen molar-refractivity contribution in [3.63, 3.8) is 0 Å². The molecule has 1 aromatic heterocycles. The number of thioether (sulfide) groups is 1. The maximum atomic E-state index is 12.4. The van der Waals surface area contributed by atoms with Crippen LogP contribution in [-0.4, -0.2) is 44.9 Å². The summed E-state index contributed by atoms with van der Waals surface area (Å²) in [7, 11) is 1.61. The number of ether oxygens (including phenoxy) is 1. The van der Waals surface area contributed by atoms with Gasteiger partial charge in [-0.3, -0.25) is 10.1 Å².